The van der Waals surface area contributed by atoms with Crippen LogP contribution in [-0.2, 0) is 5.41 Å². The minimum Gasteiger partial charge on any atom is -0.313 e. The Morgan fingerprint density at radius 1 is 1.25 bits per heavy atom. The van der Waals surface area contributed by atoms with Crippen molar-refractivity contribution in [3.8, 4) is 0 Å². The first kappa shape index (κ1) is 10.3. The van der Waals surface area contributed by atoms with Crippen molar-refractivity contribution in [3.05, 3.63) is 34.6 Å². The predicted molar refractivity (Wildman–Crippen MR) is 81.2 cm³/mol. The van der Waals surface area contributed by atoms with Crippen molar-refractivity contribution >= 4 is 11.0 Å². The van der Waals surface area contributed by atoms with Gasteiger partial charge in [-0.3, -0.25) is 0 Å². The van der Waals surface area contributed by atoms with Crippen LogP contribution in [0.1, 0.15) is 51.4 Å². The lowest BCUT2D eigenvalue weighted by atomic mass is 9.75. The van der Waals surface area contributed by atoms with E-state index in [4.69, 9.17) is 2.74 Å². The van der Waals surface area contributed by atoms with Crippen molar-refractivity contribution < 1.29 is 2.74 Å². The summed E-state index contributed by atoms with van der Waals surface area (Å²) in [5.74, 6) is 0.320. The van der Waals surface area contributed by atoms with Crippen LogP contribution in [0.2, 0.25) is 0 Å². The first-order chi connectivity index (χ1) is 10.3. The van der Waals surface area contributed by atoms with E-state index in [9.17, 15) is 0 Å². The van der Waals surface area contributed by atoms with Crippen LogP contribution in [0.15, 0.2) is 12.1 Å². The van der Waals surface area contributed by atoms with E-state index >= 15 is 0 Å². The van der Waals surface area contributed by atoms with E-state index in [2.05, 4.69) is 29.1 Å². The summed E-state index contributed by atoms with van der Waals surface area (Å²) in [6.45, 7) is 9.13. The largest absolute Gasteiger partial charge is 0.313 e. The lowest BCUT2D eigenvalue weighted by Gasteiger charge is -2.37. The van der Waals surface area contributed by atoms with Gasteiger partial charge in [-0.05, 0) is 56.3 Å². The van der Waals surface area contributed by atoms with E-state index in [0.717, 1.165) is 35.5 Å². The fraction of sp³-hybridized carbons (Fsp3) is 0.529. The zero-order chi connectivity index (χ0) is 15.8. The number of hydrogen-bond donors (Lipinski definition) is 1. The molecule has 4 rings (SSSR count). The first-order valence-corrected chi connectivity index (χ1v) is 7.36. The van der Waals surface area contributed by atoms with Gasteiger partial charge in [-0.1, -0.05) is 6.92 Å². The molecule has 0 saturated carbocycles. The average molecular weight is 269 g/mol. The molecule has 1 fully saturated rings. The van der Waals surface area contributed by atoms with Crippen molar-refractivity contribution in [1.82, 2.24) is 15.3 Å². The number of fused-ring (bicyclic) bond motifs is 6. The molecule has 2 aromatic rings. The highest BCUT2D eigenvalue weighted by atomic mass is 15.0. The third-order valence-electron chi connectivity index (χ3n) is 5.35. The third kappa shape index (κ3) is 1.44. The number of aromatic nitrogens is 2. The van der Waals surface area contributed by atoms with Gasteiger partial charge >= 0.3 is 0 Å². The molecule has 20 heavy (non-hydrogen) atoms. The Labute approximate surface area is 122 Å². The van der Waals surface area contributed by atoms with Crippen molar-refractivity contribution in [2.75, 3.05) is 6.54 Å². The molecule has 1 aromatic carbocycles. The molecular formula is C17H21N3. The summed E-state index contributed by atoms with van der Waals surface area (Å²) in [5, 5.41) is 3.56. The molecule has 0 amide bonds. The molecule has 2 bridgehead atoms. The molecule has 0 radical (unpaired) electrons. The topological polar surface area (TPSA) is 37.8 Å². The van der Waals surface area contributed by atoms with E-state index in [1.165, 1.54) is 0 Å². The third-order valence-corrected chi connectivity index (χ3v) is 5.35. The zero-order valence-electron chi connectivity index (χ0n) is 14.5. The van der Waals surface area contributed by atoms with Gasteiger partial charge < -0.3 is 5.32 Å². The normalized spacial score (nSPS) is 33.0. The van der Waals surface area contributed by atoms with E-state index in [-0.39, 0.29) is 5.41 Å². The van der Waals surface area contributed by atoms with Crippen LogP contribution in [-0.4, -0.2) is 22.6 Å². The second-order valence-electron chi connectivity index (χ2n) is 6.58. The van der Waals surface area contributed by atoms with Crippen LogP contribution in [0.5, 0.6) is 0 Å². The van der Waals surface area contributed by atoms with Crippen molar-refractivity contribution in [2.45, 2.75) is 51.5 Å². The number of nitrogens with one attached hydrogen (secondary N) is 1. The van der Waals surface area contributed by atoms with Gasteiger partial charge in [0.1, 0.15) is 0 Å². The molecule has 3 heteroatoms. The second-order valence-corrected chi connectivity index (χ2v) is 6.58. The number of piperidine rings is 1. The summed E-state index contributed by atoms with van der Waals surface area (Å²) < 4.78 is 17.4. The maximum Gasteiger partial charge on any atom is 0.0893 e. The van der Waals surface area contributed by atoms with Gasteiger partial charge in [0.25, 0.3) is 0 Å². The summed E-state index contributed by atoms with van der Waals surface area (Å²) in [4.78, 5) is 9.17. The molecular weight excluding hydrogens is 246 g/mol. The standard InChI is InChI=1S/C17H21N3/c1-9-10(2)20-16-6-14-13(5-15(16)19-9)12-7-17(14,4)11(3)18-8-12/h5-6,11-12,18H,7-8H2,1-4H3/t11?,12-,17+/m0/s1/i5D,6D. The Bertz CT molecular complexity index is 818. The van der Waals surface area contributed by atoms with E-state index in [0.29, 0.717) is 35.1 Å². The van der Waals surface area contributed by atoms with Gasteiger partial charge in [-0.15, -0.1) is 0 Å². The molecule has 1 unspecified atom stereocenters. The highest BCUT2D eigenvalue weighted by molar-refractivity contribution is 5.78. The molecule has 1 aliphatic carbocycles. The first-order valence-electron chi connectivity index (χ1n) is 8.36. The summed E-state index contributed by atoms with van der Waals surface area (Å²) >= 11 is 0. The molecule has 2 aliphatic rings. The SMILES string of the molecule is [2H]c1c2c(c([2H])c3nc(C)c(C)nc13)[C@]1(C)C[C@H]2CNC1C. The number of benzene rings is 1. The Hall–Kier alpha value is -1.48. The highest BCUT2D eigenvalue weighted by Crippen LogP contribution is 2.51. The molecule has 3 atom stereocenters. The van der Waals surface area contributed by atoms with E-state index in [1.54, 1.807) is 0 Å². The summed E-state index contributed by atoms with van der Waals surface area (Å²) in [5.41, 5.74) is 4.86. The average Bonchev–Trinajstić information content (AvgIpc) is 2.73. The Kier molecular flexibility index (Phi) is 1.95. The lowest BCUT2D eigenvalue weighted by molar-refractivity contribution is 0.268. The van der Waals surface area contributed by atoms with Crippen molar-refractivity contribution in [1.29, 1.82) is 0 Å². The smallest absolute Gasteiger partial charge is 0.0893 e. The summed E-state index contributed by atoms with van der Waals surface area (Å²) in [6, 6.07) is 1.28. The van der Waals surface area contributed by atoms with Gasteiger partial charge in [0.05, 0.1) is 25.2 Å². The molecule has 0 spiro atoms. The molecule has 1 aliphatic heterocycles. The molecule has 1 saturated heterocycles. The Balaban J connectivity index is 2.15. The van der Waals surface area contributed by atoms with Gasteiger partial charge in [-0.25, -0.2) is 9.97 Å². The van der Waals surface area contributed by atoms with Crippen LogP contribution in [0.3, 0.4) is 0 Å². The molecule has 1 aromatic heterocycles. The molecule has 3 nitrogen and oxygen atoms in total. The minimum atomic E-state index is -0.0835. The minimum absolute atomic E-state index is 0.0835. The monoisotopic (exact) mass is 269 g/mol. The number of rotatable bonds is 0. The van der Waals surface area contributed by atoms with E-state index in [1.807, 2.05) is 13.8 Å². The van der Waals surface area contributed by atoms with Crippen LogP contribution >= 0.6 is 0 Å². The maximum atomic E-state index is 8.74. The fourth-order valence-electron chi connectivity index (χ4n) is 3.74. The molecule has 1 N–H and O–H groups in total. The summed E-state index contributed by atoms with van der Waals surface area (Å²) in [6.07, 6.45) is 1.02. The molecule has 2 heterocycles. The Morgan fingerprint density at radius 3 is 2.60 bits per heavy atom. The van der Waals surface area contributed by atoms with Gasteiger partial charge in [0.15, 0.2) is 0 Å². The van der Waals surface area contributed by atoms with Crippen molar-refractivity contribution in [2.24, 2.45) is 0 Å². The lowest BCUT2D eigenvalue weighted by Crippen LogP contribution is -2.47. The van der Waals surface area contributed by atoms with Crippen molar-refractivity contribution in [3.63, 3.8) is 0 Å². The van der Waals surface area contributed by atoms with Gasteiger partial charge in [-0.2, -0.15) is 0 Å². The van der Waals surface area contributed by atoms with Gasteiger partial charge in [0.2, 0.25) is 0 Å². The maximum absolute atomic E-state index is 8.74. The van der Waals surface area contributed by atoms with Crippen LogP contribution in [0.25, 0.3) is 11.0 Å². The zero-order valence-corrected chi connectivity index (χ0v) is 12.5. The number of hydrogen-bond acceptors (Lipinski definition) is 3. The highest BCUT2D eigenvalue weighted by Gasteiger charge is 2.47. The van der Waals surface area contributed by atoms with Crippen LogP contribution < -0.4 is 5.32 Å². The predicted octanol–water partition coefficient (Wildman–Crippen LogP) is 2.98. The number of aryl methyl sites for hydroxylation is 2. The summed E-state index contributed by atoms with van der Waals surface area (Å²) in [7, 11) is 0. The van der Waals surface area contributed by atoms with Gasteiger partial charge in [0, 0.05) is 18.0 Å². The quantitative estimate of drug-likeness (QED) is 0.799. The van der Waals surface area contributed by atoms with E-state index < -0.39 is 0 Å². The molecule has 104 valence electrons. The fourth-order valence-corrected chi connectivity index (χ4v) is 3.74. The number of nitrogens with zero attached hydrogens (tertiary/aromatic N) is 2. The van der Waals surface area contributed by atoms with Crippen LogP contribution in [0, 0.1) is 13.8 Å². The Morgan fingerprint density at radius 2 is 1.90 bits per heavy atom. The van der Waals surface area contributed by atoms with Crippen LogP contribution in [0.4, 0.5) is 0 Å². The second kappa shape index (κ2) is 3.79.